The highest BCUT2D eigenvalue weighted by Crippen LogP contribution is 2.32. The van der Waals surface area contributed by atoms with Gasteiger partial charge in [-0.25, -0.2) is 0 Å². The molecule has 0 aromatic heterocycles. The number of nitrogen functional groups attached to an aromatic ring is 1. The van der Waals surface area contributed by atoms with E-state index >= 15 is 0 Å². The minimum atomic E-state index is -4.32. The fraction of sp³-hybridized carbons (Fsp3) is 0.250. The summed E-state index contributed by atoms with van der Waals surface area (Å²) >= 11 is 0. The normalized spacial score (nSPS) is 11.9. The molecule has 0 aliphatic rings. The molecule has 2 rings (SSSR count). The minimum absolute atomic E-state index is 0.227. The van der Waals surface area contributed by atoms with E-state index in [0.29, 0.717) is 12.2 Å². The van der Waals surface area contributed by atoms with Crippen LogP contribution in [0.3, 0.4) is 0 Å². The lowest BCUT2D eigenvalue weighted by Crippen LogP contribution is -2.20. The third kappa shape index (κ3) is 4.23. The van der Waals surface area contributed by atoms with Gasteiger partial charge in [-0.2, -0.15) is 13.2 Å². The Labute approximate surface area is 122 Å². The summed E-state index contributed by atoms with van der Waals surface area (Å²) < 4.78 is 38.8. The van der Waals surface area contributed by atoms with Crippen LogP contribution in [0.15, 0.2) is 48.5 Å². The number of halogens is 3. The summed E-state index contributed by atoms with van der Waals surface area (Å²) in [4.78, 5) is 1.83. The lowest BCUT2D eigenvalue weighted by atomic mass is 10.1. The van der Waals surface area contributed by atoms with Gasteiger partial charge in [0.05, 0.1) is 5.56 Å². The van der Waals surface area contributed by atoms with Crippen LogP contribution in [0.25, 0.3) is 0 Å². The summed E-state index contributed by atoms with van der Waals surface area (Å²) in [6.45, 7) is 0.766. The lowest BCUT2D eigenvalue weighted by molar-refractivity contribution is -0.138. The predicted molar refractivity (Wildman–Crippen MR) is 77.5 cm³/mol. The monoisotopic (exact) mass is 294 g/mol. The van der Waals surface area contributed by atoms with Crippen molar-refractivity contribution in [3.8, 4) is 0 Å². The second-order valence-corrected chi connectivity index (χ2v) is 5.07. The van der Waals surface area contributed by atoms with Gasteiger partial charge in [0.2, 0.25) is 0 Å². The average molecular weight is 294 g/mol. The van der Waals surface area contributed by atoms with Crippen LogP contribution in [-0.2, 0) is 19.3 Å². The number of nitrogens with two attached hydrogens (primary N) is 1. The zero-order valence-corrected chi connectivity index (χ0v) is 11.7. The summed E-state index contributed by atoms with van der Waals surface area (Å²) in [6, 6.07) is 13.0. The highest BCUT2D eigenvalue weighted by atomic mass is 19.4. The Kier molecular flexibility index (Phi) is 4.53. The Bertz CT molecular complexity index is 608. The van der Waals surface area contributed by atoms with Crippen LogP contribution < -0.4 is 5.73 Å². The second-order valence-electron chi connectivity index (χ2n) is 5.07. The second kappa shape index (κ2) is 6.18. The van der Waals surface area contributed by atoms with Gasteiger partial charge in [0.15, 0.2) is 0 Å². The average Bonchev–Trinajstić information content (AvgIpc) is 2.37. The van der Waals surface area contributed by atoms with Crippen molar-refractivity contribution >= 4 is 5.69 Å². The molecule has 0 aliphatic heterocycles. The molecule has 0 amide bonds. The van der Waals surface area contributed by atoms with E-state index in [9.17, 15) is 13.2 Å². The highest BCUT2D eigenvalue weighted by Gasteiger charge is 2.32. The van der Waals surface area contributed by atoms with Crippen LogP contribution in [0.2, 0.25) is 0 Å². The van der Waals surface area contributed by atoms with Gasteiger partial charge in [-0.3, -0.25) is 4.90 Å². The quantitative estimate of drug-likeness (QED) is 0.866. The number of benzene rings is 2. The maximum atomic E-state index is 12.9. The van der Waals surface area contributed by atoms with Crippen molar-refractivity contribution in [1.29, 1.82) is 0 Å². The molecule has 21 heavy (non-hydrogen) atoms. The van der Waals surface area contributed by atoms with Crippen LogP contribution in [0.5, 0.6) is 0 Å². The van der Waals surface area contributed by atoms with Gasteiger partial charge in [0.1, 0.15) is 0 Å². The van der Waals surface area contributed by atoms with E-state index < -0.39 is 11.7 Å². The third-order valence-corrected chi connectivity index (χ3v) is 3.17. The van der Waals surface area contributed by atoms with Gasteiger partial charge >= 0.3 is 6.18 Å². The maximum absolute atomic E-state index is 12.9. The molecule has 5 heteroatoms. The first kappa shape index (κ1) is 15.4. The number of rotatable bonds is 4. The van der Waals surface area contributed by atoms with Crippen molar-refractivity contribution in [2.24, 2.45) is 0 Å². The fourth-order valence-electron chi connectivity index (χ4n) is 2.28. The van der Waals surface area contributed by atoms with Gasteiger partial charge in [-0.1, -0.05) is 30.3 Å². The van der Waals surface area contributed by atoms with Gasteiger partial charge in [0, 0.05) is 18.8 Å². The van der Waals surface area contributed by atoms with Crippen LogP contribution in [0.1, 0.15) is 16.7 Å². The molecule has 0 heterocycles. The lowest BCUT2D eigenvalue weighted by Gasteiger charge is -2.20. The smallest absolute Gasteiger partial charge is 0.399 e. The molecule has 0 saturated heterocycles. The van der Waals surface area contributed by atoms with Crippen LogP contribution in [0.4, 0.5) is 18.9 Å². The summed E-state index contributed by atoms with van der Waals surface area (Å²) in [5.41, 5.74) is 7.02. The van der Waals surface area contributed by atoms with Gasteiger partial charge in [-0.05, 0) is 36.4 Å². The van der Waals surface area contributed by atoms with Crippen LogP contribution in [-0.4, -0.2) is 11.9 Å². The van der Waals surface area contributed by atoms with Crippen molar-refractivity contribution in [2.75, 3.05) is 12.8 Å². The van der Waals surface area contributed by atoms with E-state index in [-0.39, 0.29) is 12.1 Å². The van der Waals surface area contributed by atoms with Crippen LogP contribution in [0, 0.1) is 0 Å². The molecule has 0 atom stereocenters. The molecule has 0 spiro atoms. The van der Waals surface area contributed by atoms with E-state index in [1.54, 1.807) is 19.2 Å². The molecular weight excluding hydrogens is 277 g/mol. The molecule has 0 aliphatic carbocycles. The SMILES string of the molecule is CN(Cc1cccc(N)c1)Cc1ccccc1C(F)(F)F. The number of anilines is 1. The summed E-state index contributed by atoms with van der Waals surface area (Å²) in [5.74, 6) is 0. The number of hydrogen-bond acceptors (Lipinski definition) is 2. The first-order chi connectivity index (χ1) is 9.86. The minimum Gasteiger partial charge on any atom is -0.399 e. The topological polar surface area (TPSA) is 29.3 Å². The van der Waals surface area contributed by atoms with Gasteiger partial charge < -0.3 is 5.73 Å². The molecule has 2 aromatic carbocycles. The fourth-order valence-corrected chi connectivity index (χ4v) is 2.28. The van der Waals surface area contributed by atoms with E-state index in [4.69, 9.17) is 5.73 Å². The molecule has 2 N–H and O–H groups in total. The van der Waals surface area contributed by atoms with Crippen molar-refractivity contribution in [1.82, 2.24) is 4.90 Å². The first-order valence-corrected chi connectivity index (χ1v) is 6.54. The predicted octanol–water partition coefficient (Wildman–Crippen LogP) is 3.92. The molecule has 0 fully saturated rings. The van der Waals surface area contributed by atoms with Crippen molar-refractivity contribution in [2.45, 2.75) is 19.3 Å². The number of hydrogen-bond donors (Lipinski definition) is 1. The number of nitrogens with zero attached hydrogens (tertiary/aromatic N) is 1. The zero-order chi connectivity index (χ0) is 15.5. The summed E-state index contributed by atoms with van der Waals surface area (Å²) in [6.07, 6.45) is -4.32. The molecule has 0 saturated carbocycles. The third-order valence-electron chi connectivity index (χ3n) is 3.17. The molecule has 2 aromatic rings. The summed E-state index contributed by atoms with van der Waals surface area (Å²) in [7, 11) is 1.79. The van der Waals surface area contributed by atoms with E-state index in [1.165, 1.54) is 12.1 Å². The molecule has 2 nitrogen and oxygen atoms in total. The van der Waals surface area contributed by atoms with Crippen molar-refractivity contribution in [3.63, 3.8) is 0 Å². The van der Waals surface area contributed by atoms with Gasteiger partial charge in [0.25, 0.3) is 0 Å². The molecule has 0 radical (unpaired) electrons. The Morgan fingerprint density at radius 1 is 1.00 bits per heavy atom. The Morgan fingerprint density at radius 2 is 1.71 bits per heavy atom. The molecule has 0 bridgehead atoms. The zero-order valence-electron chi connectivity index (χ0n) is 11.7. The molecular formula is C16H17F3N2. The standard InChI is InChI=1S/C16H17F3N2/c1-21(10-12-5-4-7-14(20)9-12)11-13-6-2-3-8-15(13)16(17,18)19/h2-9H,10-11,20H2,1H3. The largest absolute Gasteiger partial charge is 0.416 e. The summed E-state index contributed by atoms with van der Waals surface area (Å²) in [5, 5.41) is 0. The molecule has 112 valence electrons. The van der Waals surface area contributed by atoms with Crippen molar-refractivity contribution in [3.05, 3.63) is 65.2 Å². The van der Waals surface area contributed by atoms with E-state index in [1.807, 2.05) is 23.1 Å². The number of alkyl halides is 3. The Balaban J connectivity index is 2.11. The van der Waals surface area contributed by atoms with Crippen molar-refractivity contribution < 1.29 is 13.2 Å². The molecule has 0 unspecified atom stereocenters. The van der Waals surface area contributed by atoms with E-state index in [2.05, 4.69) is 0 Å². The van der Waals surface area contributed by atoms with Crippen LogP contribution >= 0.6 is 0 Å². The maximum Gasteiger partial charge on any atom is 0.416 e. The Hall–Kier alpha value is -2.01. The Morgan fingerprint density at radius 3 is 2.38 bits per heavy atom. The van der Waals surface area contributed by atoms with Gasteiger partial charge in [-0.15, -0.1) is 0 Å². The first-order valence-electron chi connectivity index (χ1n) is 6.54. The highest BCUT2D eigenvalue weighted by molar-refractivity contribution is 5.40. The van der Waals surface area contributed by atoms with E-state index in [0.717, 1.165) is 11.6 Å².